The monoisotopic (exact) mass is 279 g/mol. The third kappa shape index (κ3) is 5.25. The Morgan fingerprint density at radius 3 is 2.58 bits per heavy atom. The molecule has 1 fully saturated rings. The standard InChI is InChI=1S/C15H21NO2S/c17-14-8-6-13(7-9-14)16-15(18)11-19-10-12-4-2-1-3-5-12/h1-5,13-14,17H,6-11H2,(H,16,18). The molecule has 19 heavy (non-hydrogen) atoms. The molecule has 0 radical (unpaired) electrons. The van der Waals surface area contributed by atoms with Gasteiger partial charge in [-0.05, 0) is 31.2 Å². The molecule has 4 heteroatoms. The fourth-order valence-electron chi connectivity index (χ4n) is 2.33. The van der Waals surface area contributed by atoms with E-state index >= 15 is 0 Å². The predicted octanol–water partition coefficient (Wildman–Crippen LogP) is 2.34. The molecule has 0 bridgehead atoms. The normalized spacial score (nSPS) is 23.0. The Labute approximate surface area is 118 Å². The summed E-state index contributed by atoms with van der Waals surface area (Å²) in [5.41, 5.74) is 1.25. The first kappa shape index (κ1) is 14.4. The smallest absolute Gasteiger partial charge is 0.230 e. The van der Waals surface area contributed by atoms with E-state index in [2.05, 4.69) is 17.4 Å². The number of hydrogen-bond donors (Lipinski definition) is 2. The molecule has 3 nitrogen and oxygen atoms in total. The first-order valence-electron chi connectivity index (χ1n) is 6.83. The molecule has 2 rings (SSSR count). The van der Waals surface area contributed by atoms with Crippen LogP contribution in [-0.4, -0.2) is 28.9 Å². The van der Waals surface area contributed by atoms with Crippen LogP contribution in [0, 0.1) is 0 Å². The fourth-order valence-corrected chi connectivity index (χ4v) is 3.12. The van der Waals surface area contributed by atoms with Crippen molar-refractivity contribution >= 4 is 17.7 Å². The zero-order valence-electron chi connectivity index (χ0n) is 11.0. The van der Waals surface area contributed by atoms with Crippen molar-refractivity contribution in [2.45, 2.75) is 43.6 Å². The second-order valence-electron chi connectivity index (χ2n) is 5.05. The molecule has 0 aromatic heterocycles. The third-order valence-electron chi connectivity index (χ3n) is 3.41. The van der Waals surface area contributed by atoms with Gasteiger partial charge in [0.05, 0.1) is 11.9 Å². The van der Waals surface area contributed by atoms with Crippen LogP contribution >= 0.6 is 11.8 Å². The highest BCUT2D eigenvalue weighted by molar-refractivity contribution is 7.99. The van der Waals surface area contributed by atoms with E-state index in [-0.39, 0.29) is 18.1 Å². The van der Waals surface area contributed by atoms with Gasteiger partial charge in [0, 0.05) is 11.8 Å². The van der Waals surface area contributed by atoms with Crippen LogP contribution in [0.1, 0.15) is 31.2 Å². The number of rotatable bonds is 5. The van der Waals surface area contributed by atoms with Gasteiger partial charge in [-0.1, -0.05) is 30.3 Å². The Kier molecular flexibility index (Phi) is 5.73. The summed E-state index contributed by atoms with van der Waals surface area (Å²) in [5.74, 6) is 1.49. The zero-order chi connectivity index (χ0) is 13.5. The maximum Gasteiger partial charge on any atom is 0.230 e. The lowest BCUT2D eigenvalue weighted by atomic mass is 9.93. The third-order valence-corrected chi connectivity index (χ3v) is 4.41. The van der Waals surface area contributed by atoms with E-state index in [4.69, 9.17) is 0 Å². The zero-order valence-corrected chi connectivity index (χ0v) is 11.9. The minimum atomic E-state index is -0.166. The van der Waals surface area contributed by atoms with E-state index in [0.29, 0.717) is 5.75 Å². The van der Waals surface area contributed by atoms with Crippen molar-refractivity contribution < 1.29 is 9.90 Å². The molecule has 0 spiro atoms. The highest BCUT2D eigenvalue weighted by Crippen LogP contribution is 2.18. The lowest BCUT2D eigenvalue weighted by Gasteiger charge is -2.26. The van der Waals surface area contributed by atoms with E-state index in [0.717, 1.165) is 31.4 Å². The highest BCUT2D eigenvalue weighted by Gasteiger charge is 2.20. The molecule has 0 aliphatic heterocycles. The Hall–Kier alpha value is -1.00. The number of aliphatic hydroxyl groups excluding tert-OH is 1. The first-order chi connectivity index (χ1) is 9.24. The summed E-state index contributed by atoms with van der Waals surface area (Å²) in [7, 11) is 0. The second kappa shape index (κ2) is 7.56. The molecular weight excluding hydrogens is 258 g/mol. The predicted molar refractivity (Wildman–Crippen MR) is 79.0 cm³/mol. The number of thioether (sulfide) groups is 1. The minimum Gasteiger partial charge on any atom is -0.393 e. The molecule has 104 valence electrons. The molecule has 2 N–H and O–H groups in total. The maximum absolute atomic E-state index is 11.8. The molecular formula is C15H21NO2S. The number of nitrogens with one attached hydrogen (secondary N) is 1. The van der Waals surface area contributed by atoms with Gasteiger partial charge in [-0.25, -0.2) is 0 Å². The van der Waals surface area contributed by atoms with E-state index in [1.165, 1.54) is 5.56 Å². The van der Waals surface area contributed by atoms with Gasteiger partial charge in [-0.2, -0.15) is 0 Å². The quantitative estimate of drug-likeness (QED) is 0.870. The fraction of sp³-hybridized carbons (Fsp3) is 0.533. The summed E-state index contributed by atoms with van der Waals surface area (Å²) >= 11 is 1.64. The van der Waals surface area contributed by atoms with Crippen LogP contribution in [0.4, 0.5) is 0 Å². The van der Waals surface area contributed by atoms with Gasteiger partial charge in [0.15, 0.2) is 0 Å². The van der Waals surface area contributed by atoms with Crippen LogP contribution < -0.4 is 5.32 Å². The van der Waals surface area contributed by atoms with Crippen molar-refractivity contribution in [3.05, 3.63) is 35.9 Å². The molecule has 1 aliphatic carbocycles. The van der Waals surface area contributed by atoms with Crippen LogP contribution in [0.5, 0.6) is 0 Å². The molecule has 0 saturated heterocycles. The first-order valence-corrected chi connectivity index (χ1v) is 7.98. The van der Waals surface area contributed by atoms with Crippen LogP contribution in [0.15, 0.2) is 30.3 Å². The number of carbonyl (C=O) groups excluding carboxylic acids is 1. The van der Waals surface area contributed by atoms with Crippen LogP contribution in [0.3, 0.4) is 0 Å². The van der Waals surface area contributed by atoms with Gasteiger partial charge < -0.3 is 10.4 Å². The van der Waals surface area contributed by atoms with Crippen LogP contribution in [0.2, 0.25) is 0 Å². The number of carbonyl (C=O) groups is 1. The van der Waals surface area contributed by atoms with Crippen molar-refractivity contribution in [1.29, 1.82) is 0 Å². The van der Waals surface area contributed by atoms with E-state index < -0.39 is 0 Å². The van der Waals surface area contributed by atoms with Crippen molar-refractivity contribution in [3.63, 3.8) is 0 Å². The molecule has 0 atom stereocenters. The molecule has 0 heterocycles. The van der Waals surface area contributed by atoms with Gasteiger partial charge >= 0.3 is 0 Å². The maximum atomic E-state index is 11.8. The molecule has 1 aromatic rings. The van der Waals surface area contributed by atoms with E-state index in [1.807, 2.05) is 18.2 Å². The van der Waals surface area contributed by atoms with Gasteiger partial charge in [-0.15, -0.1) is 11.8 Å². The Morgan fingerprint density at radius 2 is 1.89 bits per heavy atom. The molecule has 1 saturated carbocycles. The van der Waals surface area contributed by atoms with Gasteiger partial charge in [0.25, 0.3) is 0 Å². The summed E-state index contributed by atoms with van der Waals surface area (Å²) < 4.78 is 0. The summed E-state index contributed by atoms with van der Waals surface area (Å²) in [5, 5.41) is 12.5. The summed E-state index contributed by atoms with van der Waals surface area (Å²) in [6.45, 7) is 0. The lowest BCUT2D eigenvalue weighted by molar-refractivity contribution is -0.119. The van der Waals surface area contributed by atoms with Gasteiger partial charge in [0.2, 0.25) is 5.91 Å². The largest absolute Gasteiger partial charge is 0.393 e. The number of benzene rings is 1. The molecule has 1 amide bonds. The topological polar surface area (TPSA) is 49.3 Å². The number of amides is 1. The van der Waals surface area contributed by atoms with Crippen LogP contribution in [0.25, 0.3) is 0 Å². The van der Waals surface area contributed by atoms with Crippen molar-refractivity contribution in [2.75, 3.05) is 5.75 Å². The van der Waals surface area contributed by atoms with Crippen molar-refractivity contribution in [3.8, 4) is 0 Å². The Morgan fingerprint density at radius 1 is 1.21 bits per heavy atom. The number of hydrogen-bond acceptors (Lipinski definition) is 3. The molecule has 1 aliphatic rings. The lowest BCUT2D eigenvalue weighted by Crippen LogP contribution is -2.39. The summed E-state index contributed by atoms with van der Waals surface area (Å²) in [6.07, 6.45) is 3.25. The number of aliphatic hydroxyl groups is 1. The Bertz CT molecular complexity index is 388. The SMILES string of the molecule is O=C(CSCc1ccccc1)NC1CCC(O)CC1. The van der Waals surface area contributed by atoms with E-state index in [9.17, 15) is 9.90 Å². The van der Waals surface area contributed by atoms with Crippen LogP contribution in [-0.2, 0) is 10.5 Å². The van der Waals surface area contributed by atoms with Gasteiger partial charge in [-0.3, -0.25) is 4.79 Å². The summed E-state index contributed by atoms with van der Waals surface area (Å²) in [6, 6.07) is 10.4. The minimum absolute atomic E-state index is 0.113. The highest BCUT2D eigenvalue weighted by atomic mass is 32.2. The van der Waals surface area contributed by atoms with Crippen molar-refractivity contribution in [2.24, 2.45) is 0 Å². The van der Waals surface area contributed by atoms with Gasteiger partial charge in [0.1, 0.15) is 0 Å². The average molecular weight is 279 g/mol. The molecule has 1 aromatic carbocycles. The van der Waals surface area contributed by atoms with E-state index in [1.54, 1.807) is 11.8 Å². The molecule has 0 unspecified atom stereocenters. The Balaban J connectivity index is 1.62. The summed E-state index contributed by atoms with van der Waals surface area (Å²) in [4.78, 5) is 11.8. The second-order valence-corrected chi connectivity index (χ2v) is 6.04. The average Bonchev–Trinajstić information content (AvgIpc) is 2.43. The van der Waals surface area contributed by atoms with Crippen molar-refractivity contribution in [1.82, 2.24) is 5.32 Å².